The highest BCUT2D eigenvalue weighted by molar-refractivity contribution is 14.0. The van der Waals surface area contributed by atoms with Gasteiger partial charge in [0.05, 0.1) is 19.4 Å². The summed E-state index contributed by atoms with van der Waals surface area (Å²) in [6, 6.07) is 3.72. The molecule has 2 heterocycles. The van der Waals surface area contributed by atoms with Crippen LogP contribution in [0.2, 0.25) is 0 Å². The van der Waals surface area contributed by atoms with Crippen LogP contribution in [0, 0.1) is 5.92 Å². The number of hydrogen-bond donors (Lipinski definition) is 2. The van der Waals surface area contributed by atoms with Crippen molar-refractivity contribution in [1.82, 2.24) is 15.5 Å². The van der Waals surface area contributed by atoms with E-state index in [4.69, 9.17) is 4.42 Å². The Labute approximate surface area is 163 Å². The molecule has 1 saturated heterocycles. The Bertz CT molecular complexity index is 500. The van der Waals surface area contributed by atoms with E-state index >= 15 is 0 Å². The lowest BCUT2D eigenvalue weighted by Gasteiger charge is -2.32. The third-order valence-electron chi connectivity index (χ3n) is 4.19. The number of nitrogens with one attached hydrogen (secondary N) is 2. The number of piperidine rings is 1. The summed E-state index contributed by atoms with van der Waals surface area (Å²) < 4.78 is 42.3. The smallest absolute Gasteiger partial charge is 0.401 e. The van der Waals surface area contributed by atoms with Crippen LogP contribution >= 0.6 is 24.0 Å². The van der Waals surface area contributed by atoms with Crippen molar-refractivity contribution in [2.24, 2.45) is 10.9 Å². The quantitative estimate of drug-likeness (QED) is 0.378. The maximum absolute atomic E-state index is 12.4. The van der Waals surface area contributed by atoms with Crippen LogP contribution in [0.5, 0.6) is 0 Å². The molecule has 2 rings (SSSR count). The zero-order valence-electron chi connectivity index (χ0n) is 14.3. The van der Waals surface area contributed by atoms with Gasteiger partial charge in [-0.05, 0) is 50.4 Å². The van der Waals surface area contributed by atoms with Crippen LogP contribution in [-0.2, 0) is 6.54 Å². The SMILES string of the molecule is CN=C(NCCC1CCN(CC(F)(F)F)CC1)NCc1ccco1.I. The average molecular weight is 474 g/mol. The van der Waals surface area contributed by atoms with Gasteiger partial charge in [-0.25, -0.2) is 0 Å². The number of hydrogen-bond acceptors (Lipinski definition) is 3. The minimum Gasteiger partial charge on any atom is -0.467 e. The predicted octanol–water partition coefficient (Wildman–Crippen LogP) is 3.23. The Morgan fingerprint density at radius 2 is 2.04 bits per heavy atom. The average Bonchev–Trinajstić information content (AvgIpc) is 3.04. The van der Waals surface area contributed by atoms with Gasteiger partial charge in [-0.1, -0.05) is 0 Å². The highest BCUT2D eigenvalue weighted by atomic mass is 127. The Morgan fingerprint density at radius 1 is 1.32 bits per heavy atom. The topological polar surface area (TPSA) is 52.8 Å². The molecule has 0 saturated carbocycles. The van der Waals surface area contributed by atoms with Gasteiger partial charge in [-0.15, -0.1) is 24.0 Å². The second kappa shape index (κ2) is 10.9. The molecule has 0 atom stereocenters. The van der Waals surface area contributed by atoms with Crippen molar-refractivity contribution in [2.45, 2.75) is 32.0 Å². The van der Waals surface area contributed by atoms with Crippen molar-refractivity contribution in [2.75, 3.05) is 33.2 Å². The largest absolute Gasteiger partial charge is 0.467 e. The summed E-state index contributed by atoms with van der Waals surface area (Å²) in [6.07, 6.45) is 0.0899. The Hall–Kier alpha value is -0.970. The van der Waals surface area contributed by atoms with Crippen molar-refractivity contribution in [1.29, 1.82) is 0 Å². The standard InChI is InChI=1S/C16H25F3N4O.HI/c1-20-15(22-11-14-3-2-10-24-14)21-7-4-13-5-8-23(9-6-13)12-16(17,18)19;/h2-3,10,13H,4-9,11-12H2,1H3,(H2,20,21,22);1H. The molecular weight excluding hydrogens is 448 g/mol. The summed E-state index contributed by atoms with van der Waals surface area (Å²) in [4.78, 5) is 5.64. The number of rotatable bonds is 6. The molecular formula is C16H26F3IN4O. The first-order chi connectivity index (χ1) is 11.5. The number of halogens is 4. The van der Waals surface area contributed by atoms with Gasteiger partial charge in [0, 0.05) is 13.6 Å². The van der Waals surface area contributed by atoms with E-state index in [1.165, 1.54) is 4.90 Å². The molecule has 1 fully saturated rings. The molecule has 0 radical (unpaired) electrons. The molecule has 0 aromatic carbocycles. The first-order valence-electron chi connectivity index (χ1n) is 8.22. The zero-order chi connectivity index (χ0) is 17.4. The molecule has 9 heteroatoms. The minimum absolute atomic E-state index is 0. The van der Waals surface area contributed by atoms with Gasteiger partial charge in [0.25, 0.3) is 0 Å². The first kappa shape index (κ1) is 22.1. The molecule has 1 aliphatic heterocycles. The van der Waals surface area contributed by atoms with Crippen LogP contribution in [0.4, 0.5) is 13.2 Å². The minimum atomic E-state index is -4.10. The number of aliphatic imine (C=N–C) groups is 1. The van der Waals surface area contributed by atoms with Crippen molar-refractivity contribution in [3.63, 3.8) is 0 Å². The molecule has 1 aromatic heterocycles. The van der Waals surface area contributed by atoms with Gasteiger partial charge in [0.1, 0.15) is 5.76 Å². The normalized spacial score (nSPS) is 17.2. The summed E-state index contributed by atoms with van der Waals surface area (Å²) in [5, 5.41) is 6.39. The van der Waals surface area contributed by atoms with E-state index in [0.29, 0.717) is 31.5 Å². The molecule has 0 bridgehead atoms. The van der Waals surface area contributed by atoms with E-state index in [-0.39, 0.29) is 24.0 Å². The summed E-state index contributed by atoms with van der Waals surface area (Å²) in [7, 11) is 1.70. The number of nitrogens with zero attached hydrogens (tertiary/aromatic N) is 2. The molecule has 0 aliphatic carbocycles. The van der Waals surface area contributed by atoms with Crippen LogP contribution < -0.4 is 10.6 Å². The highest BCUT2D eigenvalue weighted by Gasteiger charge is 2.32. The lowest BCUT2D eigenvalue weighted by Crippen LogP contribution is -2.41. The maximum Gasteiger partial charge on any atom is 0.401 e. The molecule has 2 N–H and O–H groups in total. The summed E-state index contributed by atoms with van der Waals surface area (Å²) >= 11 is 0. The summed E-state index contributed by atoms with van der Waals surface area (Å²) in [5.74, 6) is 1.99. The first-order valence-corrected chi connectivity index (χ1v) is 8.22. The van der Waals surface area contributed by atoms with Gasteiger partial charge in [-0.2, -0.15) is 13.2 Å². The molecule has 144 valence electrons. The van der Waals surface area contributed by atoms with Crippen LogP contribution in [0.15, 0.2) is 27.8 Å². The Balaban J connectivity index is 0.00000312. The molecule has 0 unspecified atom stereocenters. The fourth-order valence-corrected chi connectivity index (χ4v) is 2.89. The predicted molar refractivity (Wildman–Crippen MR) is 102 cm³/mol. The molecule has 5 nitrogen and oxygen atoms in total. The Kier molecular flexibility index (Phi) is 9.62. The van der Waals surface area contributed by atoms with Crippen LogP contribution in [0.1, 0.15) is 25.0 Å². The second-order valence-electron chi connectivity index (χ2n) is 6.06. The van der Waals surface area contributed by atoms with Gasteiger partial charge >= 0.3 is 6.18 Å². The van der Waals surface area contributed by atoms with Crippen molar-refractivity contribution >= 4 is 29.9 Å². The fraction of sp³-hybridized carbons (Fsp3) is 0.688. The molecule has 0 spiro atoms. The van der Waals surface area contributed by atoms with E-state index < -0.39 is 12.7 Å². The number of guanidine groups is 1. The van der Waals surface area contributed by atoms with Gasteiger partial charge in [0.2, 0.25) is 0 Å². The second-order valence-corrected chi connectivity index (χ2v) is 6.06. The molecule has 0 amide bonds. The van der Waals surface area contributed by atoms with E-state index in [9.17, 15) is 13.2 Å². The van der Waals surface area contributed by atoms with E-state index in [1.54, 1.807) is 13.3 Å². The van der Waals surface area contributed by atoms with Crippen molar-refractivity contribution < 1.29 is 17.6 Å². The fourth-order valence-electron chi connectivity index (χ4n) is 2.89. The molecule has 1 aromatic rings. The monoisotopic (exact) mass is 474 g/mol. The number of alkyl halides is 3. The van der Waals surface area contributed by atoms with E-state index in [2.05, 4.69) is 15.6 Å². The zero-order valence-corrected chi connectivity index (χ0v) is 16.6. The van der Waals surface area contributed by atoms with Crippen molar-refractivity contribution in [3.8, 4) is 0 Å². The molecule has 25 heavy (non-hydrogen) atoms. The summed E-state index contributed by atoms with van der Waals surface area (Å²) in [6.45, 7) is 1.57. The van der Waals surface area contributed by atoms with Crippen LogP contribution in [-0.4, -0.2) is 50.3 Å². The van der Waals surface area contributed by atoms with Crippen LogP contribution in [0.3, 0.4) is 0 Å². The lowest BCUT2D eigenvalue weighted by molar-refractivity contribution is -0.148. The van der Waals surface area contributed by atoms with Gasteiger partial charge in [-0.3, -0.25) is 9.89 Å². The maximum atomic E-state index is 12.4. The van der Waals surface area contributed by atoms with Gasteiger partial charge in [0.15, 0.2) is 5.96 Å². The third kappa shape index (κ3) is 8.80. The number of furan rings is 1. The third-order valence-corrected chi connectivity index (χ3v) is 4.19. The van der Waals surface area contributed by atoms with Crippen LogP contribution in [0.25, 0.3) is 0 Å². The highest BCUT2D eigenvalue weighted by Crippen LogP contribution is 2.23. The molecule has 1 aliphatic rings. The lowest BCUT2D eigenvalue weighted by atomic mass is 9.93. The van der Waals surface area contributed by atoms with E-state index in [0.717, 1.165) is 31.6 Å². The van der Waals surface area contributed by atoms with E-state index in [1.807, 2.05) is 12.1 Å². The number of likely N-dealkylation sites (tertiary alicyclic amines) is 1. The summed E-state index contributed by atoms with van der Waals surface area (Å²) in [5.41, 5.74) is 0. The van der Waals surface area contributed by atoms with Gasteiger partial charge < -0.3 is 15.1 Å². The Morgan fingerprint density at radius 3 is 2.60 bits per heavy atom. The van der Waals surface area contributed by atoms with Crippen molar-refractivity contribution in [3.05, 3.63) is 24.2 Å².